The van der Waals surface area contributed by atoms with Crippen molar-refractivity contribution < 1.29 is 0 Å². The van der Waals surface area contributed by atoms with Crippen molar-refractivity contribution in [2.24, 2.45) is 0 Å². The lowest BCUT2D eigenvalue weighted by Crippen LogP contribution is -2.10. The van der Waals surface area contributed by atoms with Crippen LogP contribution in [0.5, 0.6) is 0 Å². The molecule has 2 nitrogen and oxygen atoms in total. The van der Waals surface area contributed by atoms with Gasteiger partial charge in [-0.25, -0.2) is 0 Å². The number of nitrogens with zero attached hydrogens (tertiary/aromatic N) is 2. The van der Waals surface area contributed by atoms with E-state index in [1.54, 1.807) is 0 Å². The first-order valence-electron chi connectivity index (χ1n) is 18.5. The fourth-order valence-electron chi connectivity index (χ4n) is 7.83. The monoisotopic (exact) mass is 688 g/mol. The van der Waals surface area contributed by atoms with Gasteiger partial charge in [-0.2, -0.15) is 0 Å². The molecule has 0 aromatic heterocycles. The summed E-state index contributed by atoms with van der Waals surface area (Å²) in [6.07, 6.45) is 0. The van der Waals surface area contributed by atoms with Crippen LogP contribution in [-0.2, 0) is 0 Å². The number of fused-ring (bicyclic) bond motifs is 4. The lowest BCUT2D eigenvalue weighted by atomic mass is 10.0. The Morgan fingerprint density at radius 3 is 1.06 bits per heavy atom. The Labute approximate surface area is 315 Å². The van der Waals surface area contributed by atoms with Crippen LogP contribution in [0.2, 0.25) is 0 Å². The summed E-state index contributed by atoms with van der Waals surface area (Å²) in [6.45, 7) is 0. The van der Waals surface area contributed by atoms with Gasteiger partial charge in [0.25, 0.3) is 0 Å². The van der Waals surface area contributed by atoms with Crippen molar-refractivity contribution in [3.8, 4) is 11.1 Å². The summed E-state index contributed by atoms with van der Waals surface area (Å²) in [6, 6.07) is 79.0. The Kier molecular flexibility index (Phi) is 7.85. The van der Waals surface area contributed by atoms with E-state index in [0.29, 0.717) is 0 Å². The fourth-order valence-corrected chi connectivity index (χ4v) is 7.83. The lowest BCUT2D eigenvalue weighted by Gasteiger charge is -2.27. The van der Waals surface area contributed by atoms with E-state index in [1.807, 2.05) is 0 Å². The van der Waals surface area contributed by atoms with E-state index in [2.05, 4.69) is 228 Å². The molecule has 0 heterocycles. The third-order valence-electron chi connectivity index (χ3n) is 10.6. The predicted octanol–water partition coefficient (Wildman–Crippen LogP) is 14.9. The topological polar surface area (TPSA) is 6.48 Å². The van der Waals surface area contributed by atoms with E-state index in [0.717, 1.165) is 34.1 Å². The average Bonchev–Trinajstić information content (AvgIpc) is 3.24. The SMILES string of the molecule is c1ccc2cc(N(c3ccc(-c4ccc(N(c5ccc6ccccc6c5)c5cccc6ccccc56)cc4)cc3)c3ccc4ccccc4c3)ccc2c1. The molecule has 0 spiro atoms. The van der Waals surface area contributed by atoms with Crippen molar-refractivity contribution in [3.63, 3.8) is 0 Å². The maximum atomic E-state index is 2.38. The molecule has 10 aromatic rings. The molecule has 0 atom stereocenters. The molecule has 2 heteroatoms. The van der Waals surface area contributed by atoms with Crippen molar-refractivity contribution in [2.45, 2.75) is 0 Å². The zero-order valence-corrected chi connectivity index (χ0v) is 29.7. The van der Waals surface area contributed by atoms with E-state index >= 15 is 0 Å². The third kappa shape index (κ3) is 5.81. The minimum atomic E-state index is 1.11. The molecule has 54 heavy (non-hydrogen) atoms. The van der Waals surface area contributed by atoms with Gasteiger partial charge in [0.2, 0.25) is 0 Å². The highest BCUT2D eigenvalue weighted by molar-refractivity contribution is 6.00. The smallest absolute Gasteiger partial charge is 0.0540 e. The Hall–Kier alpha value is -7.16. The average molecular weight is 689 g/mol. The van der Waals surface area contributed by atoms with Gasteiger partial charge >= 0.3 is 0 Å². The molecular weight excluding hydrogens is 653 g/mol. The van der Waals surface area contributed by atoms with Crippen molar-refractivity contribution >= 4 is 77.2 Å². The second kappa shape index (κ2) is 13.4. The molecule has 0 aliphatic carbocycles. The molecule has 10 aromatic carbocycles. The number of anilines is 6. The highest BCUT2D eigenvalue weighted by Gasteiger charge is 2.17. The number of rotatable bonds is 7. The molecule has 0 unspecified atom stereocenters. The second-order valence-electron chi connectivity index (χ2n) is 13.9. The maximum absolute atomic E-state index is 2.38. The minimum absolute atomic E-state index is 1.11. The molecular formula is C52H36N2. The number of benzene rings is 10. The normalized spacial score (nSPS) is 11.3. The van der Waals surface area contributed by atoms with E-state index in [9.17, 15) is 0 Å². The van der Waals surface area contributed by atoms with Crippen LogP contribution in [0.3, 0.4) is 0 Å². The Morgan fingerprint density at radius 1 is 0.222 bits per heavy atom. The van der Waals surface area contributed by atoms with Crippen LogP contribution in [-0.4, -0.2) is 0 Å². The Morgan fingerprint density at radius 2 is 0.574 bits per heavy atom. The first-order chi connectivity index (χ1) is 26.7. The molecule has 254 valence electrons. The summed E-state index contributed by atoms with van der Waals surface area (Å²) < 4.78 is 0. The number of hydrogen-bond acceptors (Lipinski definition) is 2. The molecule has 0 aliphatic rings. The van der Waals surface area contributed by atoms with E-state index in [1.165, 1.54) is 54.2 Å². The van der Waals surface area contributed by atoms with E-state index in [-0.39, 0.29) is 0 Å². The van der Waals surface area contributed by atoms with Crippen molar-refractivity contribution in [2.75, 3.05) is 9.80 Å². The highest BCUT2D eigenvalue weighted by Crippen LogP contribution is 2.42. The second-order valence-corrected chi connectivity index (χ2v) is 13.9. The van der Waals surface area contributed by atoms with Crippen LogP contribution < -0.4 is 9.80 Å². The standard InChI is InChI=1S/C52H36N2/c1-4-14-43-34-48(31-24-37(43)10-1)53(49-32-25-38-11-2-5-15-44(38)35-49)46-27-20-40(21-28-46)41-22-29-47(30-23-41)54(50-33-26-39-12-3-6-16-45(39)36-50)52-19-9-17-42-13-7-8-18-51(42)52/h1-36H. The van der Waals surface area contributed by atoms with Gasteiger partial charge in [0.05, 0.1) is 5.69 Å². The summed E-state index contributed by atoms with van der Waals surface area (Å²) in [7, 11) is 0. The van der Waals surface area contributed by atoms with Crippen LogP contribution in [0.15, 0.2) is 218 Å². The van der Waals surface area contributed by atoms with Crippen LogP contribution in [0.4, 0.5) is 34.1 Å². The fraction of sp³-hybridized carbons (Fsp3) is 0. The molecule has 0 radical (unpaired) electrons. The van der Waals surface area contributed by atoms with Gasteiger partial charge in [-0.15, -0.1) is 0 Å². The molecule has 0 saturated heterocycles. The third-order valence-corrected chi connectivity index (χ3v) is 10.6. The first kappa shape index (κ1) is 31.6. The minimum Gasteiger partial charge on any atom is -0.310 e. The van der Waals surface area contributed by atoms with Crippen molar-refractivity contribution in [1.29, 1.82) is 0 Å². The molecule has 0 aliphatic heterocycles. The van der Waals surface area contributed by atoms with Crippen LogP contribution in [0.1, 0.15) is 0 Å². The van der Waals surface area contributed by atoms with Gasteiger partial charge in [0.1, 0.15) is 0 Å². The predicted molar refractivity (Wildman–Crippen MR) is 231 cm³/mol. The highest BCUT2D eigenvalue weighted by atomic mass is 15.1. The number of hydrogen-bond donors (Lipinski definition) is 0. The van der Waals surface area contributed by atoms with Crippen LogP contribution in [0.25, 0.3) is 54.2 Å². The summed E-state index contributed by atoms with van der Waals surface area (Å²) in [5.74, 6) is 0. The zero-order valence-electron chi connectivity index (χ0n) is 29.7. The van der Waals surface area contributed by atoms with Gasteiger partial charge in [0.15, 0.2) is 0 Å². The van der Waals surface area contributed by atoms with Gasteiger partial charge in [-0.3, -0.25) is 0 Å². The molecule has 0 saturated carbocycles. The largest absolute Gasteiger partial charge is 0.310 e. The molecule has 0 N–H and O–H groups in total. The first-order valence-corrected chi connectivity index (χ1v) is 18.5. The zero-order chi connectivity index (χ0) is 35.8. The Balaban J connectivity index is 1.03. The Bertz CT molecular complexity index is 2860. The van der Waals surface area contributed by atoms with Gasteiger partial charge in [0, 0.05) is 33.8 Å². The van der Waals surface area contributed by atoms with Crippen LogP contribution >= 0.6 is 0 Å². The quantitative estimate of drug-likeness (QED) is 0.164. The van der Waals surface area contributed by atoms with Gasteiger partial charge in [-0.1, -0.05) is 152 Å². The lowest BCUT2D eigenvalue weighted by molar-refractivity contribution is 1.29. The van der Waals surface area contributed by atoms with Crippen LogP contribution in [0, 0.1) is 0 Å². The summed E-state index contributed by atoms with van der Waals surface area (Å²) >= 11 is 0. The van der Waals surface area contributed by atoms with Gasteiger partial charge in [-0.05, 0) is 116 Å². The molecule has 10 rings (SSSR count). The molecule has 0 amide bonds. The van der Waals surface area contributed by atoms with Gasteiger partial charge < -0.3 is 9.80 Å². The summed E-state index contributed by atoms with van der Waals surface area (Å²) in [5, 5.41) is 9.80. The summed E-state index contributed by atoms with van der Waals surface area (Å²) in [5.41, 5.74) is 9.11. The van der Waals surface area contributed by atoms with Crippen molar-refractivity contribution in [1.82, 2.24) is 0 Å². The van der Waals surface area contributed by atoms with E-state index in [4.69, 9.17) is 0 Å². The maximum Gasteiger partial charge on any atom is 0.0540 e. The van der Waals surface area contributed by atoms with Crippen molar-refractivity contribution in [3.05, 3.63) is 218 Å². The van der Waals surface area contributed by atoms with E-state index < -0.39 is 0 Å². The molecule has 0 fully saturated rings. The summed E-state index contributed by atoms with van der Waals surface area (Å²) in [4.78, 5) is 4.74. The molecule has 0 bridgehead atoms.